The van der Waals surface area contributed by atoms with Gasteiger partial charge in [0.25, 0.3) is 5.91 Å². The van der Waals surface area contributed by atoms with E-state index in [2.05, 4.69) is 4.98 Å². The predicted octanol–water partition coefficient (Wildman–Crippen LogP) is 3.00. The highest BCUT2D eigenvalue weighted by atomic mass is 35.5. The second-order valence-corrected chi connectivity index (χ2v) is 7.71. The number of aromatic amines is 1. The van der Waals surface area contributed by atoms with E-state index in [1.165, 1.54) is 4.90 Å². The first-order chi connectivity index (χ1) is 14.6. The number of amides is 1. The van der Waals surface area contributed by atoms with Crippen LogP contribution in [0.25, 0.3) is 0 Å². The molecule has 0 radical (unpaired) electrons. The summed E-state index contributed by atoms with van der Waals surface area (Å²) < 4.78 is 1.96. The summed E-state index contributed by atoms with van der Waals surface area (Å²) in [5.74, 6) is -2.67. The van der Waals surface area contributed by atoms with Crippen LogP contribution < -0.4 is 4.57 Å². The topological polar surface area (TPSA) is 74.1 Å². The Labute approximate surface area is 179 Å². The number of halogens is 1. The number of rotatable bonds is 7. The first-order valence-electron chi connectivity index (χ1n) is 9.77. The van der Waals surface area contributed by atoms with Crippen LogP contribution in [0, 0.1) is 5.92 Å². The molecule has 1 saturated heterocycles. The van der Waals surface area contributed by atoms with Crippen LogP contribution in [0.4, 0.5) is 0 Å². The number of Topliss-reactive ketones (excluding diaryl/α,β-unsaturated/α-hetero) is 2. The fourth-order valence-electron chi connectivity index (χ4n) is 3.92. The molecule has 30 heavy (non-hydrogen) atoms. The molecule has 0 saturated carbocycles. The molecule has 1 amide bonds. The van der Waals surface area contributed by atoms with Gasteiger partial charge in [0, 0.05) is 23.6 Å². The maximum atomic E-state index is 13.2. The van der Waals surface area contributed by atoms with Crippen molar-refractivity contribution >= 4 is 29.1 Å². The predicted molar refractivity (Wildman–Crippen MR) is 111 cm³/mol. The van der Waals surface area contributed by atoms with Crippen LogP contribution in [0.3, 0.4) is 0 Å². The Bertz CT molecular complexity index is 1050. The van der Waals surface area contributed by atoms with Gasteiger partial charge in [-0.15, -0.1) is 0 Å². The van der Waals surface area contributed by atoms with Gasteiger partial charge in [-0.1, -0.05) is 54.1 Å². The first kappa shape index (κ1) is 20.0. The Morgan fingerprint density at radius 1 is 1.07 bits per heavy atom. The summed E-state index contributed by atoms with van der Waals surface area (Å²) in [7, 11) is 0. The van der Waals surface area contributed by atoms with Gasteiger partial charge in [0.2, 0.25) is 12.1 Å². The Hall–Kier alpha value is -3.25. The SMILES string of the molecule is O=C1C(=O)N(CCC[n+]2cc[nH]c2)C(c2ccc(Cl)cc2)C1C(=O)c1ccccc1. The van der Waals surface area contributed by atoms with E-state index in [1.807, 2.05) is 23.3 Å². The zero-order valence-corrected chi connectivity index (χ0v) is 17.0. The lowest BCUT2D eigenvalue weighted by Gasteiger charge is -2.27. The third-order valence-electron chi connectivity index (χ3n) is 5.38. The van der Waals surface area contributed by atoms with E-state index < -0.39 is 23.7 Å². The number of carbonyl (C=O) groups is 3. The van der Waals surface area contributed by atoms with Crippen molar-refractivity contribution in [2.45, 2.75) is 19.0 Å². The normalized spacial score (nSPS) is 18.8. The minimum atomic E-state index is -1.07. The molecule has 2 atom stereocenters. The van der Waals surface area contributed by atoms with E-state index in [0.29, 0.717) is 30.1 Å². The monoisotopic (exact) mass is 422 g/mol. The fourth-order valence-corrected chi connectivity index (χ4v) is 4.05. The summed E-state index contributed by atoms with van der Waals surface area (Å²) in [5.41, 5.74) is 1.15. The van der Waals surface area contributed by atoms with Crippen molar-refractivity contribution in [2.75, 3.05) is 6.54 Å². The molecule has 1 aliphatic heterocycles. The molecule has 1 aromatic heterocycles. The third-order valence-corrected chi connectivity index (χ3v) is 5.63. The number of carbonyl (C=O) groups excluding carboxylic acids is 3. The molecule has 2 unspecified atom stereocenters. The Morgan fingerprint density at radius 2 is 1.80 bits per heavy atom. The van der Waals surface area contributed by atoms with Crippen LogP contribution in [0.2, 0.25) is 5.02 Å². The summed E-state index contributed by atoms with van der Waals surface area (Å²) in [6.45, 7) is 1.06. The Balaban J connectivity index is 1.65. The number of hydrogen-bond donors (Lipinski definition) is 1. The number of aromatic nitrogens is 2. The molecule has 0 aliphatic carbocycles. The highest BCUT2D eigenvalue weighted by molar-refractivity contribution is 6.44. The number of likely N-dealkylation sites (tertiary alicyclic amines) is 1. The highest BCUT2D eigenvalue weighted by Gasteiger charge is 2.51. The number of nitrogens with one attached hydrogen (secondary N) is 1. The van der Waals surface area contributed by atoms with Gasteiger partial charge >= 0.3 is 0 Å². The van der Waals surface area contributed by atoms with Crippen molar-refractivity contribution in [3.63, 3.8) is 0 Å². The van der Waals surface area contributed by atoms with E-state index >= 15 is 0 Å². The molecule has 2 aromatic carbocycles. The zero-order valence-electron chi connectivity index (χ0n) is 16.2. The lowest BCUT2D eigenvalue weighted by atomic mass is 9.86. The summed E-state index contributed by atoms with van der Waals surface area (Å²) in [4.78, 5) is 43.5. The molecule has 1 fully saturated rings. The molecule has 6 nitrogen and oxygen atoms in total. The van der Waals surface area contributed by atoms with Gasteiger partial charge in [-0.25, -0.2) is 4.57 Å². The average Bonchev–Trinajstić information content (AvgIpc) is 3.37. The summed E-state index contributed by atoms with van der Waals surface area (Å²) in [6, 6.07) is 15.0. The largest absolute Gasteiger partial charge is 0.328 e. The third kappa shape index (κ3) is 3.91. The second kappa shape index (κ2) is 8.63. The van der Waals surface area contributed by atoms with Gasteiger partial charge < -0.3 is 4.90 Å². The van der Waals surface area contributed by atoms with Crippen molar-refractivity contribution in [2.24, 2.45) is 5.92 Å². The van der Waals surface area contributed by atoms with Crippen molar-refractivity contribution in [1.82, 2.24) is 9.88 Å². The smallest absolute Gasteiger partial charge is 0.291 e. The Kier molecular flexibility index (Phi) is 5.77. The molecule has 4 rings (SSSR count). The summed E-state index contributed by atoms with van der Waals surface area (Å²) >= 11 is 6.03. The number of nitrogens with zero attached hydrogens (tertiary/aromatic N) is 2. The zero-order chi connectivity index (χ0) is 21.1. The van der Waals surface area contributed by atoms with Crippen LogP contribution >= 0.6 is 11.6 Å². The molecule has 1 aliphatic rings. The number of hydrogen-bond acceptors (Lipinski definition) is 3. The molecular formula is C23H21ClN3O3+. The van der Waals surface area contributed by atoms with Gasteiger partial charge in [0.15, 0.2) is 5.78 Å². The van der Waals surface area contributed by atoms with E-state index in [9.17, 15) is 14.4 Å². The minimum Gasteiger partial charge on any atom is -0.328 e. The molecular weight excluding hydrogens is 402 g/mol. The van der Waals surface area contributed by atoms with Crippen LogP contribution in [0.5, 0.6) is 0 Å². The van der Waals surface area contributed by atoms with E-state index in [4.69, 9.17) is 11.6 Å². The fraction of sp³-hybridized carbons (Fsp3) is 0.217. The number of imidazole rings is 1. The Morgan fingerprint density at radius 3 is 2.47 bits per heavy atom. The minimum absolute atomic E-state index is 0.337. The number of aryl methyl sites for hydroxylation is 1. The molecule has 0 spiro atoms. The number of benzene rings is 2. The van der Waals surface area contributed by atoms with Crippen LogP contribution in [0.1, 0.15) is 28.4 Å². The van der Waals surface area contributed by atoms with Crippen LogP contribution in [0.15, 0.2) is 73.3 Å². The molecule has 152 valence electrons. The van der Waals surface area contributed by atoms with Crippen molar-refractivity contribution < 1.29 is 19.0 Å². The van der Waals surface area contributed by atoms with E-state index in [-0.39, 0.29) is 5.78 Å². The van der Waals surface area contributed by atoms with E-state index in [0.717, 1.165) is 5.56 Å². The maximum Gasteiger partial charge on any atom is 0.291 e. The van der Waals surface area contributed by atoms with Gasteiger partial charge in [0.1, 0.15) is 18.3 Å². The van der Waals surface area contributed by atoms with Gasteiger partial charge in [-0.2, -0.15) is 0 Å². The molecule has 7 heteroatoms. The highest BCUT2D eigenvalue weighted by Crippen LogP contribution is 2.38. The lowest BCUT2D eigenvalue weighted by molar-refractivity contribution is -0.695. The quantitative estimate of drug-likeness (QED) is 0.275. The lowest BCUT2D eigenvalue weighted by Crippen LogP contribution is -2.36. The first-order valence-corrected chi connectivity index (χ1v) is 10.2. The van der Waals surface area contributed by atoms with Gasteiger partial charge in [-0.3, -0.25) is 19.4 Å². The molecule has 3 aromatic rings. The standard InChI is InChI=1S/C23H20ClN3O3/c24-18-9-7-16(8-10-18)20-19(21(28)17-5-2-1-3-6-17)22(29)23(30)27(20)13-4-12-26-14-11-25-15-26/h1-3,5-11,14-15,19-20H,4,12-13H2/p+1. The average molecular weight is 423 g/mol. The number of H-pyrrole nitrogens is 1. The van der Waals surface area contributed by atoms with Crippen molar-refractivity contribution in [3.05, 3.63) is 89.5 Å². The molecule has 1 N–H and O–H groups in total. The molecule has 2 heterocycles. The molecule has 0 bridgehead atoms. The summed E-state index contributed by atoms with van der Waals surface area (Å²) in [6.07, 6.45) is 6.19. The van der Waals surface area contributed by atoms with Gasteiger partial charge in [-0.05, 0) is 17.7 Å². The van der Waals surface area contributed by atoms with Gasteiger partial charge in [0.05, 0.1) is 12.6 Å². The summed E-state index contributed by atoms with van der Waals surface area (Å²) in [5, 5.41) is 0.552. The van der Waals surface area contributed by atoms with E-state index in [1.54, 1.807) is 54.6 Å². The van der Waals surface area contributed by atoms with Crippen LogP contribution in [-0.2, 0) is 16.1 Å². The maximum absolute atomic E-state index is 13.2. The van der Waals surface area contributed by atoms with Crippen molar-refractivity contribution in [1.29, 1.82) is 0 Å². The second-order valence-electron chi connectivity index (χ2n) is 7.27. The van der Waals surface area contributed by atoms with Crippen molar-refractivity contribution in [3.8, 4) is 0 Å². The van der Waals surface area contributed by atoms with Crippen LogP contribution in [-0.4, -0.2) is 33.9 Å². The number of ketones is 2.